The first-order valence-electron chi connectivity index (χ1n) is 9.56. The first-order chi connectivity index (χ1) is 13.0. The number of carbonyl (C=O) groups excluding carboxylic acids is 2. The Balaban J connectivity index is 0.00000280. The Kier molecular flexibility index (Phi) is 7.22. The number of benzene rings is 2. The van der Waals surface area contributed by atoms with E-state index in [-0.39, 0.29) is 24.2 Å². The normalized spacial score (nSPS) is 12.9. The van der Waals surface area contributed by atoms with Crippen LogP contribution < -0.4 is 16.0 Å². The molecule has 0 aromatic heterocycles. The van der Waals surface area contributed by atoms with Gasteiger partial charge in [-0.15, -0.1) is 12.4 Å². The minimum absolute atomic E-state index is 0. The summed E-state index contributed by atoms with van der Waals surface area (Å²) in [4.78, 5) is 27.6. The van der Waals surface area contributed by atoms with Crippen molar-refractivity contribution in [2.45, 2.75) is 33.1 Å². The van der Waals surface area contributed by atoms with Gasteiger partial charge >= 0.3 is 0 Å². The number of rotatable bonds is 6. The number of hydrogen-bond acceptors (Lipinski definition) is 3. The molecule has 5 nitrogen and oxygen atoms in total. The molecule has 0 unspecified atom stereocenters. The molecule has 0 bridgehead atoms. The van der Waals surface area contributed by atoms with Gasteiger partial charge in [-0.3, -0.25) is 9.59 Å². The molecule has 6 heteroatoms. The molecule has 150 valence electrons. The fourth-order valence-corrected chi connectivity index (χ4v) is 3.65. The van der Waals surface area contributed by atoms with Gasteiger partial charge in [-0.2, -0.15) is 0 Å². The quantitative estimate of drug-likeness (QED) is 0.767. The van der Waals surface area contributed by atoms with Gasteiger partial charge in [-0.1, -0.05) is 38.1 Å². The predicted octanol–water partition coefficient (Wildman–Crippen LogP) is 4.01. The van der Waals surface area contributed by atoms with E-state index in [1.54, 1.807) is 29.2 Å². The zero-order valence-corrected chi connectivity index (χ0v) is 17.2. The van der Waals surface area contributed by atoms with Gasteiger partial charge in [0, 0.05) is 30.0 Å². The van der Waals surface area contributed by atoms with Crippen molar-refractivity contribution in [2.24, 2.45) is 11.1 Å². The third kappa shape index (κ3) is 4.05. The van der Waals surface area contributed by atoms with Crippen LogP contribution in [0.2, 0.25) is 0 Å². The monoisotopic (exact) mass is 401 g/mol. The van der Waals surface area contributed by atoms with Crippen molar-refractivity contribution in [2.75, 3.05) is 23.3 Å². The van der Waals surface area contributed by atoms with Crippen LogP contribution in [0.25, 0.3) is 0 Å². The number of amides is 2. The van der Waals surface area contributed by atoms with E-state index in [9.17, 15) is 9.59 Å². The Morgan fingerprint density at radius 2 is 1.82 bits per heavy atom. The van der Waals surface area contributed by atoms with E-state index >= 15 is 0 Å². The molecule has 0 saturated heterocycles. The van der Waals surface area contributed by atoms with Crippen LogP contribution in [0.5, 0.6) is 0 Å². The molecule has 2 aromatic carbocycles. The molecule has 0 aliphatic carbocycles. The van der Waals surface area contributed by atoms with Crippen LogP contribution >= 0.6 is 12.4 Å². The zero-order chi connectivity index (χ0) is 19.4. The van der Waals surface area contributed by atoms with Gasteiger partial charge in [0.25, 0.3) is 5.91 Å². The number of halogens is 1. The maximum Gasteiger partial charge on any atom is 0.258 e. The lowest BCUT2D eigenvalue weighted by Gasteiger charge is -2.28. The summed E-state index contributed by atoms with van der Waals surface area (Å²) in [5, 5.41) is 2.95. The van der Waals surface area contributed by atoms with Gasteiger partial charge in [0.1, 0.15) is 0 Å². The van der Waals surface area contributed by atoms with Gasteiger partial charge in [-0.25, -0.2) is 0 Å². The third-order valence-electron chi connectivity index (χ3n) is 5.73. The smallest absolute Gasteiger partial charge is 0.258 e. The molecule has 0 spiro atoms. The van der Waals surface area contributed by atoms with E-state index in [1.165, 1.54) is 5.56 Å². The Bertz CT molecular complexity index is 841. The Labute approximate surface area is 172 Å². The van der Waals surface area contributed by atoms with Crippen LogP contribution in [0.4, 0.5) is 11.4 Å². The number of fused-ring (bicyclic) bond motifs is 1. The molecule has 0 atom stereocenters. The molecule has 1 aliphatic heterocycles. The van der Waals surface area contributed by atoms with Crippen molar-refractivity contribution < 1.29 is 9.59 Å². The number of hydrogen-bond donors (Lipinski definition) is 2. The van der Waals surface area contributed by atoms with Crippen molar-refractivity contribution in [1.82, 2.24) is 0 Å². The SMILES string of the molecule is CCC(CC)(CN)C(=O)Nc1cccc(C(=O)N2CCc3ccccc32)c1.Cl. The Morgan fingerprint density at radius 1 is 1.11 bits per heavy atom. The predicted molar refractivity (Wildman–Crippen MR) is 116 cm³/mol. The van der Waals surface area contributed by atoms with Crippen LogP contribution in [-0.4, -0.2) is 24.9 Å². The Morgan fingerprint density at radius 3 is 2.50 bits per heavy atom. The zero-order valence-electron chi connectivity index (χ0n) is 16.4. The average molecular weight is 402 g/mol. The largest absolute Gasteiger partial charge is 0.329 e. The van der Waals surface area contributed by atoms with Gasteiger partial charge in [0.15, 0.2) is 0 Å². The van der Waals surface area contributed by atoms with E-state index in [2.05, 4.69) is 11.4 Å². The van der Waals surface area contributed by atoms with E-state index in [4.69, 9.17) is 5.73 Å². The molecule has 2 amide bonds. The summed E-state index contributed by atoms with van der Waals surface area (Å²) in [6, 6.07) is 15.1. The number of nitrogens with two attached hydrogens (primary N) is 1. The van der Waals surface area contributed by atoms with Gasteiger partial charge < -0.3 is 16.0 Å². The summed E-state index contributed by atoms with van der Waals surface area (Å²) >= 11 is 0. The number of nitrogens with one attached hydrogen (secondary N) is 1. The number of carbonyl (C=O) groups is 2. The molecule has 0 radical (unpaired) electrons. The van der Waals surface area contributed by atoms with E-state index in [0.717, 1.165) is 12.1 Å². The highest BCUT2D eigenvalue weighted by molar-refractivity contribution is 6.08. The first-order valence-corrected chi connectivity index (χ1v) is 9.56. The first kappa shape index (κ1) is 21.9. The number of nitrogens with zero attached hydrogens (tertiary/aromatic N) is 1. The maximum absolute atomic E-state index is 13.0. The van der Waals surface area contributed by atoms with Gasteiger partial charge in [-0.05, 0) is 49.1 Å². The minimum Gasteiger partial charge on any atom is -0.329 e. The molecule has 3 N–H and O–H groups in total. The van der Waals surface area contributed by atoms with Gasteiger partial charge in [0.05, 0.1) is 5.41 Å². The molecule has 2 aromatic rings. The maximum atomic E-state index is 13.0. The minimum atomic E-state index is -0.575. The van der Waals surface area contributed by atoms with Crippen LogP contribution in [0, 0.1) is 5.41 Å². The van der Waals surface area contributed by atoms with E-state index < -0.39 is 5.41 Å². The van der Waals surface area contributed by atoms with Gasteiger partial charge in [0.2, 0.25) is 5.91 Å². The second kappa shape index (κ2) is 9.22. The van der Waals surface area contributed by atoms with Crippen molar-refractivity contribution in [3.05, 3.63) is 59.7 Å². The average Bonchev–Trinajstić information content (AvgIpc) is 3.13. The van der Waals surface area contributed by atoms with Crippen molar-refractivity contribution in [3.63, 3.8) is 0 Å². The molecule has 1 heterocycles. The van der Waals surface area contributed by atoms with Crippen LogP contribution in [0.15, 0.2) is 48.5 Å². The molecular formula is C22H28ClN3O2. The molecule has 0 fully saturated rings. The molecular weight excluding hydrogens is 374 g/mol. The van der Waals surface area contributed by atoms with Crippen molar-refractivity contribution in [3.8, 4) is 0 Å². The summed E-state index contributed by atoms with van der Waals surface area (Å²) in [6.07, 6.45) is 2.22. The highest BCUT2D eigenvalue weighted by Crippen LogP contribution is 2.30. The number of para-hydroxylation sites is 1. The number of anilines is 2. The molecule has 1 aliphatic rings. The molecule has 0 saturated carbocycles. The Hall–Kier alpha value is -2.37. The van der Waals surface area contributed by atoms with Crippen molar-refractivity contribution in [1.29, 1.82) is 0 Å². The van der Waals surface area contributed by atoms with Crippen LogP contribution in [0.3, 0.4) is 0 Å². The second-order valence-electron chi connectivity index (χ2n) is 7.06. The standard InChI is InChI=1S/C22H27N3O2.ClH/c1-3-22(4-2,15-23)21(27)24-18-10-7-9-17(14-18)20(26)25-13-12-16-8-5-6-11-19(16)25;/h5-11,14H,3-4,12-13,15,23H2,1-2H3,(H,24,27);1H. The summed E-state index contributed by atoms with van der Waals surface area (Å²) in [5.41, 5.74) is 8.64. The summed E-state index contributed by atoms with van der Waals surface area (Å²) in [7, 11) is 0. The lowest BCUT2D eigenvalue weighted by molar-refractivity contribution is -0.125. The summed E-state index contributed by atoms with van der Waals surface area (Å²) in [5.74, 6) is -0.141. The lowest BCUT2D eigenvalue weighted by atomic mass is 9.81. The highest BCUT2D eigenvalue weighted by atomic mass is 35.5. The van der Waals surface area contributed by atoms with Crippen molar-refractivity contribution >= 4 is 35.6 Å². The summed E-state index contributed by atoms with van der Waals surface area (Å²) in [6.45, 7) is 4.92. The fourth-order valence-electron chi connectivity index (χ4n) is 3.65. The highest BCUT2D eigenvalue weighted by Gasteiger charge is 2.33. The molecule has 28 heavy (non-hydrogen) atoms. The van der Waals surface area contributed by atoms with E-state index in [0.29, 0.717) is 37.2 Å². The second-order valence-corrected chi connectivity index (χ2v) is 7.06. The van der Waals surface area contributed by atoms with Crippen LogP contribution in [-0.2, 0) is 11.2 Å². The lowest BCUT2D eigenvalue weighted by Crippen LogP contribution is -2.41. The topological polar surface area (TPSA) is 75.4 Å². The molecule has 3 rings (SSSR count). The van der Waals surface area contributed by atoms with Crippen LogP contribution in [0.1, 0.15) is 42.6 Å². The third-order valence-corrected chi connectivity index (χ3v) is 5.73. The summed E-state index contributed by atoms with van der Waals surface area (Å²) < 4.78 is 0. The van der Waals surface area contributed by atoms with E-state index in [1.807, 2.05) is 32.0 Å². The fraction of sp³-hybridized carbons (Fsp3) is 0.364.